The van der Waals surface area contributed by atoms with Crippen LogP contribution in [0.2, 0.25) is 0 Å². The number of para-hydroxylation sites is 1. The van der Waals surface area contributed by atoms with Crippen molar-refractivity contribution in [2.75, 3.05) is 6.54 Å². The van der Waals surface area contributed by atoms with E-state index in [2.05, 4.69) is 15.3 Å². The Hall–Kier alpha value is -3.09. The van der Waals surface area contributed by atoms with Crippen LogP contribution in [0.4, 0.5) is 0 Å². The third kappa shape index (κ3) is 2.99. The molecule has 3 heterocycles. The maximum absolute atomic E-state index is 13.2. The van der Waals surface area contributed by atoms with Crippen molar-refractivity contribution in [1.82, 2.24) is 24.8 Å². The summed E-state index contributed by atoms with van der Waals surface area (Å²) in [6.07, 6.45) is 3.54. The summed E-state index contributed by atoms with van der Waals surface area (Å²) in [4.78, 5) is 34.9. The monoisotopic (exact) mass is 365 g/mol. The number of hydrogen-bond donors (Lipinski definition) is 2. The Morgan fingerprint density at radius 3 is 2.81 bits per heavy atom. The third-order valence-corrected chi connectivity index (χ3v) is 4.96. The Balaban J connectivity index is 1.61. The summed E-state index contributed by atoms with van der Waals surface area (Å²) in [5.41, 5.74) is 2.00. The fourth-order valence-electron chi connectivity index (χ4n) is 3.62. The van der Waals surface area contributed by atoms with E-state index >= 15 is 0 Å². The molecule has 0 radical (unpaired) electrons. The molecule has 7 nitrogen and oxygen atoms in total. The molecule has 0 unspecified atom stereocenters. The van der Waals surface area contributed by atoms with Gasteiger partial charge >= 0.3 is 0 Å². The second-order valence-electron chi connectivity index (χ2n) is 7.23. The van der Waals surface area contributed by atoms with E-state index in [0.717, 1.165) is 16.7 Å². The number of fused-ring (bicyclic) bond motifs is 2. The van der Waals surface area contributed by atoms with Crippen LogP contribution in [0.25, 0.3) is 10.9 Å². The molecule has 1 aromatic carbocycles. The lowest BCUT2D eigenvalue weighted by Gasteiger charge is -2.33. The molecule has 0 spiro atoms. The highest BCUT2D eigenvalue weighted by Crippen LogP contribution is 2.28. The number of nitrogens with one attached hydrogen (secondary N) is 2. The average molecular weight is 365 g/mol. The van der Waals surface area contributed by atoms with Crippen LogP contribution in [0.3, 0.4) is 0 Å². The quantitative estimate of drug-likeness (QED) is 0.749. The van der Waals surface area contributed by atoms with Gasteiger partial charge in [0.25, 0.3) is 11.8 Å². The van der Waals surface area contributed by atoms with Gasteiger partial charge in [-0.25, -0.2) is 4.98 Å². The van der Waals surface area contributed by atoms with E-state index in [-0.39, 0.29) is 23.9 Å². The summed E-state index contributed by atoms with van der Waals surface area (Å²) in [5.74, 6) is 0.527. The first-order chi connectivity index (χ1) is 13.0. The van der Waals surface area contributed by atoms with Crippen LogP contribution < -0.4 is 5.32 Å². The highest BCUT2D eigenvalue weighted by atomic mass is 16.2. The van der Waals surface area contributed by atoms with Crippen molar-refractivity contribution < 1.29 is 9.59 Å². The van der Waals surface area contributed by atoms with Crippen LogP contribution in [0, 0.1) is 0 Å². The van der Waals surface area contributed by atoms with Crippen molar-refractivity contribution in [2.45, 2.75) is 39.4 Å². The zero-order chi connectivity index (χ0) is 19.1. The van der Waals surface area contributed by atoms with Gasteiger partial charge in [-0.1, -0.05) is 18.2 Å². The molecule has 1 aliphatic rings. The Bertz CT molecular complexity index is 1020. The largest absolute Gasteiger partial charge is 0.360 e. The highest BCUT2D eigenvalue weighted by molar-refractivity contribution is 6.06. The normalized spacial score (nSPS) is 16.6. The minimum atomic E-state index is -0.208. The zero-order valence-electron chi connectivity index (χ0n) is 15.7. The molecule has 2 N–H and O–H groups in total. The van der Waals surface area contributed by atoms with Gasteiger partial charge in [-0.05, 0) is 26.8 Å². The Labute approximate surface area is 157 Å². The van der Waals surface area contributed by atoms with Crippen LogP contribution in [0.15, 0.2) is 36.7 Å². The summed E-state index contributed by atoms with van der Waals surface area (Å²) in [5, 5.41) is 3.78. The molecule has 3 aromatic rings. The molecule has 27 heavy (non-hydrogen) atoms. The molecule has 0 saturated carbocycles. The van der Waals surface area contributed by atoms with Gasteiger partial charge in [0.1, 0.15) is 11.5 Å². The van der Waals surface area contributed by atoms with Crippen LogP contribution in [0.5, 0.6) is 0 Å². The predicted molar refractivity (Wildman–Crippen MR) is 103 cm³/mol. The number of carbonyl (C=O) groups excluding carboxylic acids is 2. The lowest BCUT2D eigenvalue weighted by atomic mass is 10.1. The number of H-pyrrole nitrogens is 1. The van der Waals surface area contributed by atoms with Crippen molar-refractivity contribution in [3.8, 4) is 0 Å². The van der Waals surface area contributed by atoms with Crippen LogP contribution >= 0.6 is 0 Å². The van der Waals surface area contributed by atoms with E-state index in [1.54, 1.807) is 12.4 Å². The first kappa shape index (κ1) is 17.3. The van der Waals surface area contributed by atoms with Crippen molar-refractivity contribution in [3.63, 3.8) is 0 Å². The summed E-state index contributed by atoms with van der Waals surface area (Å²) in [6.45, 7) is 6.98. The molecule has 4 rings (SSSR count). The molecule has 7 heteroatoms. The molecule has 1 aliphatic heterocycles. The number of rotatable bonds is 3. The SMILES string of the molecule is CC(C)NC(=O)c1cn2c(n1)[C@H](C)N(C(=O)c1c[nH]c3ccccc13)CC2. The second-order valence-corrected chi connectivity index (χ2v) is 7.23. The number of amides is 2. The van der Waals surface area contributed by atoms with Crippen molar-refractivity contribution >= 4 is 22.7 Å². The Kier molecular flexibility index (Phi) is 4.22. The molecular formula is C20H23N5O2. The summed E-state index contributed by atoms with van der Waals surface area (Å²) in [7, 11) is 0. The van der Waals surface area contributed by atoms with Gasteiger partial charge in [0.2, 0.25) is 0 Å². The van der Waals surface area contributed by atoms with Gasteiger partial charge in [0.05, 0.1) is 11.6 Å². The van der Waals surface area contributed by atoms with Crippen molar-refractivity contribution in [3.05, 3.63) is 53.7 Å². The summed E-state index contributed by atoms with van der Waals surface area (Å²) in [6, 6.07) is 7.62. The lowest BCUT2D eigenvalue weighted by molar-refractivity contribution is 0.0640. The second kappa shape index (κ2) is 6.57. The fourth-order valence-corrected chi connectivity index (χ4v) is 3.62. The van der Waals surface area contributed by atoms with Gasteiger partial charge < -0.3 is 19.8 Å². The summed E-state index contributed by atoms with van der Waals surface area (Å²) < 4.78 is 1.97. The minimum absolute atomic E-state index is 0.0256. The van der Waals surface area contributed by atoms with Crippen LogP contribution in [-0.2, 0) is 6.54 Å². The maximum Gasteiger partial charge on any atom is 0.271 e. The molecule has 0 aliphatic carbocycles. The topological polar surface area (TPSA) is 83.0 Å². The van der Waals surface area contributed by atoms with Gasteiger partial charge in [-0.3, -0.25) is 9.59 Å². The van der Waals surface area contributed by atoms with Crippen LogP contribution in [-0.4, -0.2) is 43.8 Å². The molecule has 0 saturated heterocycles. The molecular weight excluding hydrogens is 342 g/mol. The van der Waals surface area contributed by atoms with E-state index in [1.165, 1.54) is 0 Å². The number of hydrogen-bond acceptors (Lipinski definition) is 3. The average Bonchev–Trinajstić information content (AvgIpc) is 3.26. The number of aromatic amines is 1. The number of imidazole rings is 1. The molecule has 0 fully saturated rings. The van der Waals surface area contributed by atoms with E-state index in [4.69, 9.17) is 0 Å². The van der Waals surface area contributed by atoms with Gasteiger partial charge in [-0.15, -0.1) is 0 Å². The first-order valence-corrected chi connectivity index (χ1v) is 9.20. The van der Waals surface area contributed by atoms with Crippen molar-refractivity contribution in [2.24, 2.45) is 0 Å². The van der Waals surface area contributed by atoms with Crippen LogP contribution in [0.1, 0.15) is 53.5 Å². The van der Waals surface area contributed by atoms with Gasteiger partial charge in [0.15, 0.2) is 0 Å². The fraction of sp³-hybridized carbons (Fsp3) is 0.350. The number of aromatic nitrogens is 3. The molecule has 2 amide bonds. The molecule has 140 valence electrons. The van der Waals surface area contributed by atoms with Crippen molar-refractivity contribution in [1.29, 1.82) is 0 Å². The maximum atomic E-state index is 13.2. The van der Waals surface area contributed by atoms with E-state index in [1.807, 2.05) is 54.5 Å². The first-order valence-electron chi connectivity index (χ1n) is 9.20. The Morgan fingerprint density at radius 1 is 1.26 bits per heavy atom. The third-order valence-electron chi connectivity index (χ3n) is 4.96. The van der Waals surface area contributed by atoms with E-state index in [9.17, 15) is 9.59 Å². The summed E-state index contributed by atoms with van der Waals surface area (Å²) >= 11 is 0. The van der Waals surface area contributed by atoms with Gasteiger partial charge in [-0.2, -0.15) is 0 Å². The minimum Gasteiger partial charge on any atom is -0.360 e. The predicted octanol–water partition coefficient (Wildman–Crippen LogP) is 2.72. The van der Waals surface area contributed by atoms with E-state index in [0.29, 0.717) is 24.3 Å². The highest BCUT2D eigenvalue weighted by Gasteiger charge is 2.32. The number of carbonyl (C=O) groups is 2. The molecule has 2 aromatic heterocycles. The lowest BCUT2D eigenvalue weighted by Crippen LogP contribution is -2.41. The number of nitrogens with zero attached hydrogens (tertiary/aromatic N) is 3. The zero-order valence-corrected chi connectivity index (χ0v) is 15.7. The standard InChI is InChI=1S/C20H23N5O2/c1-12(2)22-19(26)17-11-24-8-9-25(13(3)18(24)23-17)20(27)15-10-21-16-7-5-4-6-14(15)16/h4-7,10-13,21H,8-9H2,1-3H3,(H,22,26)/t13-/m0/s1. The number of benzene rings is 1. The smallest absolute Gasteiger partial charge is 0.271 e. The van der Waals surface area contributed by atoms with Gasteiger partial charge in [0, 0.05) is 42.4 Å². The molecule has 0 bridgehead atoms. The Morgan fingerprint density at radius 2 is 2.04 bits per heavy atom. The van der Waals surface area contributed by atoms with E-state index < -0.39 is 0 Å². The molecule has 1 atom stereocenters.